The molecule has 1 rings (SSSR count). The lowest BCUT2D eigenvalue weighted by Crippen LogP contribution is -2.52. The van der Waals surface area contributed by atoms with E-state index in [2.05, 4.69) is 5.32 Å². The minimum Gasteiger partial charge on any atom is -0.481 e. The highest BCUT2D eigenvalue weighted by Crippen LogP contribution is 2.23. The molecule has 1 atom stereocenters. The highest BCUT2D eigenvalue weighted by Gasteiger charge is 2.30. The standard InChI is InChI=1S/C15H26N2O4/c1-10(2)14(16-11(3)18)15(21)17-8-6-12(7-9-17)4-5-13(19)20/h10,12,14H,4-9H2,1-3H3,(H,16,18)(H,19,20). The van der Waals surface area contributed by atoms with Gasteiger partial charge in [-0.25, -0.2) is 0 Å². The number of hydrogen-bond donors (Lipinski definition) is 2. The summed E-state index contributed by atoms with van der Waals surface area (Å²) in [4.78, 5) is 36.0. The van der Waals surface area contributed by atoms with Gasteiger partial charge in [0.1, 0.15) is 6.04 Å². The molecule has 120 valence electrons. The summed E-state index contributed by atoms with van der Waals surface area (Å²) in [5, 5.41) is 11.4. The zero-order chi connectivity index (χ0) is 16.0. The fourth-order valence-electron chi connectivity index (χ4n) is 2.70. The van der Waals surface area contributed by atoms with Crippen LogP contribution in [0.3, 0.4) is 0 Å². The SMILES string of the molecule is CC(=O)NC(C(=O)N1CCC(CCC(=O)O)CC1)C(C)C. The van der Waals surface area contributed by atoms with Crippen molar-refractivity contribution in [3.05, 3.63) is 0 Å². The van der Waals surface area contributed by atoms with Gasteiger partial charge < -0.3 is 15.3 Å². The van der Waals surface area contributed by atoms with Crippen molar-refractivity contribution >= 4 is 17.8 Å². The van der Waals surface area contributed by atoms with E-state index < -0.39 is 12.0 Å². The van der Waals surface area contributed by atoms with Crippen LogP contribution in [0.2, 0.25) is 0 Å². The Bertz CT molecular complexity index is 387. The van der Waals surface area contributed by atoms with Crippen LogP contribution in [0.4, 0.5) is 0 Å². The molecular formula is C15H26N2O4. The van der Waals surface area contributed by atoms with Crippen LogP contribution in [0.1, 0.15) is 46.5 Å². The summed E-state index contributed by atoms with van der Waals surface area (Å²) in [6.45, 7) is 6.54. The molecule has 0 aromatic carbocycles. The molecule has 0 spiro atoms. The molecule has 6 heteroatoms. The first-order valence-electron chi connectivity index (χ1n) is 7.59. The molecule has 6 nitrogen and oxygen atoms in total. The maximum Gasteiger partial charge on any atom is 0.303 e. The van der Waals surface area contributed by atoms with Gasteiger partial charge in [-0.05, 0) is 31.1 Å². The Kier molecular flexibility index (Phi) is 6.65. The van der Waals surface area contributed by atoms with Gasteiger partial charge in [0, 0.05) is 26.4 Å². The molecule has 0 aliphatic carbocycles. The van der Waals surface area contributed by atoms with Gasteiger partial charge in [0.2, 0.25) is 11.8 Å². The van der Waals surface area contributed by atoms with E-state index in [1.165, 1.54) is 6.92 Å². The largest absolute Gasteiger partial charge is 0.481 e. The van der Waals surface area contributed by atoms with Gasteiger partial charge in [0.15, 0.2) is 0 Å². The quantitative estimate of drug-likeness (QED) is 0.772. The minimum absolute atomic E-state index is 0.0307. The van der Waals surface area contributed by atoms with Crippen molar-refractivity contribution in [1.29, 1.82) is 0 Å². The molecule has 0 aromatic heterocycles. The number of likely N-dealkylation sites (tertiary alicyclic amines) is 1. The van der Waals surface area contributed by atoms with E-state index in [0.717, 1.165) is 12.8 Å². The lowest BCUT2D eigenvalue weighted by molar-refractivity contribution is -0.139. The molecule has 1 saturated heterocycles. The van der Waals surface area contributed by atoms with Gasteiger partial charge in [0.25, 0.3) is 0 Å². The molecule has 1 heterocycles. The van der Waals surface area contributed by atoms with Crippen LogP contribution >= 0.6 is 0 Å². The summed E-state index contributed by atoms with van der Waals surface area (Å²) in [6.07, 6.45) is 2.55. The van der Waals surface area contributed by atoms with Crippen LogP contribution in [-0.4, -0.2) is 46.9 Å². The molecule has 1 fully saturated rings. The summed E-state index contributed by atoms with van der Waals surface area (Å²) in [5.41, 5.74) is 0. The van der Waals surface area contributed by atoms with E-state index in [9.17, 15) is 14.4 Å². The molecule has 0 aromatic rings. The Morgan fingerprint density at radius 3 is 2.24 bits per heavy atom. The number of amides is 2. The van der Waals surface area contributed by atoms with Crippen molar-refractivity contribution in [2.45, 2.75) is 52.5 Å². The van der Waals surface area contributed by atoms with Crippen LogP contribution in [-0.2, 0) is 14.4 Å². The molecule has 1 aliphatic heterocycles. The summed E-state index contributed by atoms with van der Waals surface area (Å²) in [6, 6.07) is -0.474. The first-order valence-corrected chi connectivity index (χ1v) is 7.59. The lowest BCUT2D eigenvalue weighted by Gasteiger charge is -2.35. The summed E-state index contributed by atoms with van der Waals surface area (Å²) < 4.78 is 0. The smallest absolute Gasteiger partial charge is 0.303 e. The highest BCUT2D eigenvalue weighted by atomic mass is 16.4. The van der Waals surface area contributed by atoms with Gasteiger partial charge in [-0.3, -0.25) is 14.4 Å². The molecule has 1 unspecified atom stereocenters. The van der Waals surface area contributed by atoms with Crippen LogP contribution < -0.4 is 5.32 Å². The number of hydrogen-bond acceptors (Lipinski definition) is 3. The van der Waals surface area contributed by atoms with Crippen LogP contribution in [0.25, 0.3) is 0 Å². The lowest BCUT2D eigenvalue weighted by atomic mass is 9.91. The first kappa shape index (κ1) is 17.5. The van der Waals surface area contributed by atoms with Crippen molar-refractivity contribution in [3.63, 3.8) is 0 Å². The van der Waals surface area contributed by atoms with Gasteiger partial charge in [-0.2, -0.15) is 0 Å². The van der Waals surface area contributed by atoms with E-state index in [-0.39, 0.29) is 24.2 Å². The molecule has 0 bridgehead atoms. The molecular weight excluding hydrogens is 272 g/mol. The Morgan fingerprint density at radius 2 is 1.81 bits per heavy atom. The fraction of sp³-hybridized carbons (Fsp3) is 0.800. The Balaban J connectivity index is 2.49. The van der Waals surface area contributed by atoms with E-state index in [1.807, 2.05) is 13.8 Å². The van der Waals surface area contributed by atoms with E-state index in [0.29, 0.717) is 25.4 Å². The average molecular weight is 298 g/mol. The predicted molar refractivity (Wildman–Crippen MR) is 78.6 cm³/mol. The summed E-state index contributed by atoms with van der Waals surface area (Å²) in [7, 11) is 0. The third-order valence-corrected chi connectivity index (χ3v) is 3.98. The number of carboxylic acids is 1. The first-order chi connectivity index (χ1) is 9.81. The number of aliphatic carboxylic acids is 1. The van der Waals surface area contributed by atoms with Gasteiger partial charge in [-0.15, -0.1) is 0 Å². The number of nitrogens with one attached hydrogen (secondary N) is 1. The zero-order valence-electron chi connectivity index (χ0n) is 13.1. The summed E-state index contributed by atoms with van der Waals surface area (Å²) >= 11 is 0. The molecule has 21 heavy (non-hydrogen) atoms. The van der Waals surface area contributed by atoms with Crippen LogP contribution in [0.15, 0.2) is 0 Å². The minimum atomic E-state index is -0.765. The predicted octanol–water partition coefficient (Wildman–Crippen LogP) is 1.25. The molecule has 2 N–H and O–H groups in total. The monoisotopic (exact) mass is 298 g/mol. The number of piperidine rings is 1. The van der Waals surface area contributed by atoms with E-state index >= 15 is 0 Å². The number of carbonyl (C=O) groups excluding carboxylic acids is 2. The van der Waals surface area contributed by atoms with Crippen LogP contribution in [0.5, 0.6) is 0 Å². The van der Waals surface area contributed by atoms with Crippen molar-refractivity contribution in [3.8, 4) is 0 Å². The van der Waals surface area contributed by atoms with E-state index in [4.69, 9.17) is 5.11 Å². The molecule has 0 saturated carbocycles. The third kappa shape index (κ3) is 5.73. The second-order valence-corrected chi connectivity index (χ2v) is 6.12. The molecule has 0 radical (unpaired) electrons. The molecule has 2 amide bonds. The Hall–Kier alpha value is -1.59. The fourth-order valence-corrected chi connectivity index (χ4v) is 2.70. The van der Waals surface area contributed by atoms with Crippen molar-refractivity contribution in [2.75, 3.05) is 13.1 Å². The topological polar surface area (TPSA) is 86.7 Å². The Labute approximate surface area is 125 Å². The van der Waals surface area contributed by atoms with Crippen LogP contribution in [0, 0.1) is 11.8 Å². The highest BCUT2D eigenvalue weighted by molar-refractivity contribution is 5.87. The molecule has 1 aliphatic rings. The van der Waals surface area contributed by atoms with Gasteiger partial charge in [-0.1, -0.05) is 13.8 Å². The average Bonchev–Trinajstić information content (AvgIpc) is 2.42. The Morgan fingerprint density at radius 1 is 1.24 bits per heavy atom. The van der Waals surface area contributed by atoms with Gasteiger partial charge >= 0.3 is 5.97 Å². The second-order valence-electron chi connectivity index (χ2n) is 6.12. The summed E-state index contributed by atoms with van der Waals surface area (Å²) in [5.74, 6) is -0.566. The number of carboxylic acid groups (broad SMARTS) is 1. The number of carbonyl (C=O) groups is 3. The van der Waals surface area contributed by atoms with Crippen molar-refractivity contribution < 1.29 is 19.5 Å². The number of rotatable bonds is 6. The zero-order valence-corrected chi connectivity index (χ0v) is 13.1. The van der Waals surface area contributed by atoms with E-state index in [1.54, 1.807) is 4.90 Å². The normalized spacial score (nSPS) is 17.6. The van der Waals surface area contributed by atoms with Crippen molar-refractivity contribution in [1.82, 2.24) is 10.2 Å². The maximum atomic E-state index is 12.5. The number of nitrogens with zero attached hydrogens (tertiary/aromatic N) is 1. The third-order valence-electron chi connectivity index (χ3n) is 3.98. The second kappa shape index (κ2) is 8.00. The van der Waals surface area contributed by atoms with Crippen molar-refractivity contribution in [2.24, 2.45) is 11.8 Å². The van der Waals surface area contributed by atoms with Gasteiger partial charge in [0.05, 0.1) is 0 Å². The maximum absolute atomic E-state index is 12.5.